The van der Waals surface area contributed by atoms with Crippen LogP contribution >= 0.6 is 35.0 Å². The lowest BCUT2D eigenvalue weighted by Crippen LogP contribution is -2.00. The molecule has 0 aliphatic rings. The van der Waals surface area contributed by atoms with Gasteiger partial charge in [0.1, 0.15) is 21.9 Å². The fourth-order valence-electron chi connectivity index (χ4n) is 1.73. The molecular formula is C15H15Cl2FN2S. The summed E-state index contributed by atoms with van der Waals surface area (Å²) in [5.41, 5.74) is 1.04. The molecule has 0 aliphatic heterocycles. The number of nitrogens with zero attached hydrogens (tertiary/aromatic N) is 2. The van der Waals surface area contributed by atoms with E-state index in [1.54, 1.807) is 23.9 Å². The van der Waals surface area contributed by atoms with Crippen molar-refractivity contribution in [3.05, 3.63) is 46.2 Å². The Balaban J connectivity index is 2.29. The zero-order valence-electron chi connectivity index (χ0n) is 11.7. The van der Waals surface area contributed by atoms with Crippen LogP contribution in [0.15, 0.2) is 24.3 Å². The molecule has 1 aromatic heterocycles. The molecule has 0 bridgehead atoms. The summed E-state index contributed by atoms with van der Waals surface area (Å²) in [7, 11) is 0. The average Bonchev–Trinajstić information content (AvgIpc) is 2.44. The summed E-state index contributed by atoms with van der Waals surface area (Å²) in [4.78, 5) is 8.55. The third kappa shape index (κ3) is 4.31. The number of hydrogen-bond donors (Lipinski definition) is 0. The van der Waals surface area contributed by atoms with E-state index in [4.69, 9.17) is 23.2 Å². The first-order chi connectivity index (χ1) is 10.0. The predicted octanol–water partition coefficient (Wildman–Crippen LogP) is 5.62. The normalized spacial score (nSPS) is 12.4. The molecule has 21 heavy (non-hydrogen) atoms. The van der Waals surface area contributed by atoms with Crippen molar-refractivity contribution in [2.24, 2.45) is 0 Å². The number of benzene rings is 1. The second-order valence-corrected chi connectivity index (χ2v) is 6.78. The van der Waals surface area contributed by atoms with Crippen LogP contribution in [0.25, 0.3) is 11.1 Å². The lowest BCUT2D eigenvalue weighted by Gasteiger charge is -2.10. The Labute approximate surface area is 138 Å². The van der Waals surface area contributed by atoms with Crippen molar-refractivity contribution >= 4 is 35.0 Å². The maximum atomic E-state index is 13.3. The Morgan fingerprint density at radius 3 is 2.48 bits per heavy atom. The van der Waals surface area contributed by atoms with Crippen LogP contribution < -0.4 is 0 Å². The lowest BCUT2D eigenvalue weighted by atomic mass is 10.1. The van der Waals surface area contributed by atoms with Gasteiger partial charge < -0.3 is 0 Å². The lowest BCUT2D eigenvalue weighted by molar-refractivity contribution is 0.628. The molecule has 0 spiro atoms. The minimum atomic E-state index is -0.351. The first-order valence-corrected chi connectivity index (χ1v) is 8.41. The second-order valence-electron chi connectivity index (χ2n) is 4.64. The van der Waals surface area contributed by atoms with Gasteiger partial charge in [-0.15, -0.1) is 0 Å². The van der Waals surface area contributed by atoms with E-state index in [2.05, 4.69) is 23.8 Å². The first-order valence-electron chi connectivity index (χ1n) is 6.60. The van der Waals surface area contributed by atoms with Crippen molar-refractivity contribution in [2.75, 3.05) is 0 Å². The van der Waals surface area contributed by atoms with Crippen LogP contribution in [0.3, 0.4) is 0 Å². The molecule has 0 radical (unpaired) electrons. The molecule has 2 aromatic rings. The third-order valence-electron chi connectivity index (χ3n) is 3.05. The van der Waals surface area contributed by atoms with Gasteiger partial charge in [0, 0.05) is 5.25 Å². The maximum Gasteiger partial charge on any atom is 0.142 e. The molecule has 0 saturated carbocycles. The first kappa shape index (κ1) is 16.5. The van der Waals surface area contributed by atoms with Crippen LogP contribution in [0.2, 0.25) is 10.3 Å². The molecule has 6 heteroatoms. The Morgan fingerprint density at radius 2 is 1.90 bits per heavy atom. The molecule has 2 nitrogen and oxygen atoms in total. The van der Waals surface area contributed by atoms with Crippen molar-refractivity contribution < 1.29 is 4.39 Å². The summed E-state index contributed by atoms with van der Waals surface area (Å²) < 4.78 is 13.3. The minimum Gasteiger partial charge on any atom is -0.220 e. The van der Waals surface area contributed by atoms with E-state index in [0.717, 1.165) is 6.42 Å². The van der Waals surface area contributed by atoms with Gasteiger partial charge in [-0.05, 0) is 24.1 Å². The van der Waals surface area contributed by atoms with Crippen LogP contribution in [0.1, 0.15) is 26.1 Å². The Kier molecular flexibility index (Phi) is 5.85. The molecule has 2 rings (SSSR count). The highest BCUT2D eigenvalue weighted by atomic mass is 35.5. The smallest absolute Gasteiger partial charge is 0.142 e. The molecule has 0 N–H and O–H groups in total. The van der Waals surface area contributed by atoms with E-state index < -0.39 is 0 Å². The van der Waals surface area contributed by atoms with Crippen molar-refractivity contribution in [1.82, 2.24) is 9.97 Å². The van der Waals surface area contributed by atoms with E-state index in [0.29, 0.717) is 28.0 Å². The van der Waals surface area contributed by atoms with Crippen molar-refractivity contribution in [3.63, 3.8) is 0 Å². The summed E-state index contributed by atoms with van der Waals surface area (Å²) in [5.74, 6) is 0.893. The molecule has 0 saturated heterocycles. The Hall–Kier alpha value is -0.840. The molecule has 1 aromatic carbocycles. The molecule has 1 unspecified atom stereocenters. The quantitative estimate of drug-likeness (QED) is 0.658. The highest BCUT2D eigenvalue weighted by Crippen LogP contribution is 2.33. The monoisotopic (exact) mass is 344 g/mol. The van der Waals surface area contributed by atoms with Gasteiger partial charge in [0.25, 0.3) is 0 Å². The van der Waals surface area contributed by atoms with Crippen LogP contribution in [0, 0.1) is 5.82 Å². The van der Waals surface area contributed by atoms with Gasteiger partial charge in [0.2, 0.25) is 0 Å². The van der Waals surface area contributed by atoms with Gasteiger partial charge in [0.05, 0.1) is 11.3 Å². The van der Waals surface area contributed by atoms with Crippen molar-refractivity contribution in [3.8, 4) is 11.1 Å². The molecule has 1 atom stereocenters. The maximum absolute atomic E-state index is 13.3. The van der Waals surface area contributed by atoms with Crippen molar-refractivity contribution in [1.29, 1.82) is 0 Å². The van der Waals surface area contributed by atoms with E-state index in [-0.39, 0.29) is 16.1 Å². The number of hydrogen-bond acceptors (Lipinski definition) is 3. The fraction of sp³-hybridized carbons (Fsp3) is 0.333. The van der Waals surface area contributed by atoms with E-state index in [1.807, 2.05) is 0 Å². The van der Waals surface area contributed by atoms with E-state index in [1.165, 1.54) is 12.1 Å². The van der Waals surface area contributed by atoms with Crippen LogP contribution in [0.5, 0.6) is 0 Å². The fourth-order valence-corrected chi connectivity index (χ4v) is 3.17. The zero-order chi connectivity index (χ0) is 15.4. The second kappa shape index (κ2) is 7.43. The van der Waals surface area contributed by atoms with Crippen LogP contribution in [-0.2, 0) is 5.75 Å². The number of rotatable bonds is 5. The Morgan fingerprint density at radius 1 is 1.24 bits per heavy atom. The standard InChI is InChI=1S/C15H15Cl2FN2S/c1-3-9(2)21-8-12-19-14(16)13(15(17)20-12)10-5-4-6-11(18)7-10/h4-7,9H,3,8H2,1-2H3. The highest BCUT2D eigenvalue weighted by molar-refractivity contribution is 7.99. The van der Waals surface area contributed by atoms with Gasteiger partial charge in [0.15, 0.2) is 0 Å². The van der Waals surface area contributed by atoms with E-state index >= 15 is 0 Å². The van der Waals surface area contributed by atoms with Gasteiger partial charge in [-0.25, -0.2) is 14.4 Å². The van der Waals surface area contributed by atoms with Gasteiger partial charge in [-0.1, -0.05) is 49.2 Å². The summed E-state index contributed by atoms with van der Waals surface area (Å²) in [5, 5.41) is 1.02. The molecule has 0 aliphatic carbocycles. The topological polar surface area (TPSA) is 25.8 Å². The average molecular weight is 345 g/mol. The van der Waals surface area contributed by atoms with Crippen LogP contribution in [-0.4, -0.2) is 15.2 Å². The molecular weight excluding hydrogens is 330 g/mol. The summed E-state index contributed by atoms with van der Waals surface area (Å²) in [6.07, 6.45) is 1.08. The minimum absolute atomic E-state index is 0.250. The number of halogens is 3. The number of thioether (sulfide) groups is 1. The highest BCUT2D eigenvalue weighted by Gasteiger charge is 2.14. The molecule has 0 amide bonds. The Bertz CT molecular complexity index is 614. The summed E-state index contributed by atoms with van der Waals surface area (Å²) in [6.45, 7) is 4.28. The summed E-state index contributed by atoms with van der Waals surface area (Å²) in [6, 6.07) is 6.06. The molecule has 1 heterocycles. The van der Waals surface area contributed by atoms with Gasteiger partial charge >= 0.3 is 0 Å². The third-order valence-corrected chi connectivity index (χ3v) is 4.93. The summed E-state index contributed by atoms with van der Waals surface area (Å²) >= 11 is 14.2. The molecule has 112 valence electrons. The predicted molar refractivity (Wildman–Crippen MR) is 88.5 cm³/mol. The number of aromatic nitrogens is 2. The zero-order valence-corrected chi connectivity index (χ0v) is 14.1. The van der Waals surface area contributed by atoms with Gasteiger partial charge in [-0.3, -0.25) is 0 Å². The molecule has 0 fully saturated rings. The van der Waals surface area contributed by atoms with E-state index in [9.17, 15) is 4.39 Å². The van der Waals surface area contributed by atoms with Gasteiger partial charge in [-0.2, -0.15) is 11.8 Å². The largest absolute Gasteiger partial charge is 0.220 e. The van der Waals surface area contributed by atoms with Crippen molar-refractivity contribution in [2.45, 2.75) is 31.3 Å². The van der Waals surface area contributed by atoms with Crippen LogP contribution in [0.4, 0.5) is 4.39 Å². The SMILES string of the molecule is CCC(C)SCc1nc(Cl)c(-c2cccc(F)c2)c(Cl)n1.